The fraction of sp³-hybridized carbons (Fsp3) is 0.364. The predicted octanol–water partition coefficient (Wildman–Crippen LogP) is 3.62. The van der Waals surface area contributed by atoms with Crippen molar-refractivity contribution in [2.75, 3.05) is 36.8 Å². The largest absolute Gasteiger partial charge is 0.345 e. The molecule has 0 N–H and O–H groups in total. The van der Waals surface area contributed by atoms with Crippen molar-refractivity contribution in [3.63, 3.8) is 0 Å². The number of halogens is 2. The Morgan fingerprint density at radius 2 is 1.78 bits per heavy atom. The quantitative estimate of drug-likeness (QED) is 0.518. The zero-order chi connectivity index (χ0) is 22.7. The van der Waals surface area contributed by atoms with Crippen molar-refractivity contribution in [3.05, 3.63) is 59.7 Å². The van der Waals surface area contributed by atoms with Crippen LogP contribution in [0.15, 0.2) is 42.5 Å². The summed E-state index contributed by atoms with van der Waals surface area (Å²) in [7, 11) is -3.27. The van der Waals surface area contributed by atoms with Gasteiger partial charge in [0.1, 0.15) is 11.3 Å². The molecule has 1 fully saturated rings. The Balaban J connectivity index is 1.26. The van der Waals surface area contributed by atoms with Crippen LogP contribution in [0.1, 0.15) is 18.4 Å². The third-order valence-corrected chi connectivity index (χ3v) is 8.13. The first-order valence-electron chi connectivity index (χ1n) is 10.3. The zero-order valence-corrected chi connectivity index (χ0v) is 19.0. The highest BCUT2D eigenvalue weighted by Gasteiger charge is 2.24. The molecule has 1 saturated heterocycles. The van der Waals surface area contributed by atoms with Crippen molar-refractivity contribution in [2.45, 2.75) is 18.6 Å². The molecule has 0 bridgehead atoms. The van der Waals surface area contributed by atoms with Gasteiger partial charge in [0, 0.05) is 38.7 Å². The molecule has 2 aromatic carbocycles. The van der Waals surface area contributed by atoms with Gasteiger partial charge >= 0.3 is 0 Å². The Hall–Kier alpha value is -2.59. The fourth-order valence-electron chi connectivity index (χ4n) is 3.73. The van der Waals surface area contributed by atoms with Crippen LogP contribution in [0, 0.1) is 11.6 Å². The topological polar surface area (TPSA) is 70.6 Å². The Morgan fingerprint density at radius 1 is 1.06 bits per heavy atom. The summed E-state index contributed by atoms with van der Waals surface area (Å²) in [6, 6.07) is 11.1. The van der Waals surface area contributed by atoms with Gasteiger partial charge in [0.05, 0.1) is 16.2 Å². The standard InChI is InChI=1S/C22H23F2N3O3S2/c23-17-13-18(24)21-19(14-17)31-22(25-21)27-10-8-26(9-11-27)20(28)7-4-12-32(29,30)15-16-5-2-1-3-6-16/h1-3,5-6,13-14H,4,7-12,15H2. The van der Waals surface area contributed by atoms with Gasteiger partial charge in [-0.05, 0) is 18.1 Å². The second kappa shape index (κ2) is 9.50. The van der Waals surface area contributed by atoms with Gasteiger partial charge in [0.2, 0.25) is 5.91 Å². The number of thiazole rings is 1. The van der Waals surface area contributed by atoms with Gasteiger partial charge in [-0.3, -0.25) is 4.79 Å². The number of carbonyl (C=O) groups excluding carboxylic acids is 1. The first-order valence-corrected chi connectivity index (χ1v) is 13.0. The molecule has 0 radical (unpaired) electrons. The van der Waals surface area contributed by atoms with Crippen LogP contribution >= 0.6 is 11.3 Å². The molecule has 1 amide bonds. The second-order valence-electron chi connectivity index (χ2n) is 7.78. The highest BCUT2D eigenvalue weighted by molar-refractivity contribution is 7.90. The van der Waals surface area contributed by atoms with Crippen LogP contribution in [-0.4, -0.2) is 56.1 Å². The van der Waals surface area contributed by atoms with Crippen LogP contribution in [0.25, 0.3) is 10.2 Å². The Bertz CT molecular complexity index is 1210. The first-order chi connectivity index (χ1) is 15.3. The number of benzene rings is 2. The number of piperazine rings is 1. The number of aromatic nitrogens is 1. The summed E-state index contributed by atoms with van der Waals surface area (Å²) in [4.78, 5) is 20.5. The van der Waals surface area contributed by atoms with Gasteiger partial charge in [-0.2, -0.15) is 0 Å². The molecule has 0 aliphatic carbocycles. The van der Waals surface area contributed by atoms with Crippen molar-refractivity contribution in [1.82, 2.24) is 9.88 Å². The van der Waals surface area contributed by atoms with Crippen LogP contribution in [0.4, 0.5) is 13.9 Å². The highest BCUT2D eigenvalue weighted by Crippen LogP contribution is 2.31. The fourth-order valence-corrected chi connectivity index (χ4v) is 6.22. The van der Waals surface area contributed by atoms with Crippen molar-refractivity contribution < 1.29 is 22.0 Å². The lowest BCUT2D eigenvalue weighted by Gasteiger charge is -2.34. The van der Waals surface area contributed by atoms with Gasteiger partial charge in [-0.1, -0.05) is 41.7 Å². The Kier molecular flexibility index (Phi) is 6.71. The van der Waals surface area contributed by atoms with Crippen LogP contribution in [-0.2, 0) is 20.4 Å². The molecule has 1 aromatic heterocycles. The average molecular weight is 480 g/mol. The molecule has 0 unspecified atom stereocenters. The number of fused-ring (bicyclic) bond motifs is 1. The first kappa shape index (κ1) is 22.6. The molecule has 0 atom stereocenters. The number of sulfone groups is 1. The van der Waals surface area contributed by atoms with Gasteiger partial charge < -0.3 is 9.80 Å². The summed E-state index contributed by atoms with van der Waals surface area (Å²) < 4.78 is 52.4. The third kappa shape index (κ3) is 5.42. The maximum absolute atomic E-state index is 13.9. The summed E-state index contributed by atoms with van der Waals surface area (Å²) in [5.41, 5.74) is 0.897. The molecule has 2 heterocycles. The summed E-state index contributed by atoms with van der Waals surface area (Å²) in [6.45, 7) is 2.01. The molecule has 6 nitrogen and oxygen atoms in total. The number of anilines is 1. The van der Waals surface area contributed by atoms with E-state index in [2.05, 4.69) is 4.98 Å². The van der Waals surface area contributed by atoms with Crippen molar-refractivity contribution in [2.24, 2.45) is 0 Å². The molecule has 3 aromatic rings. The minimum absolute atomic E-state index is 0.0205. The van der Waals surface area contributed by atoms with E-state index in [1.807, 2.05) is 11.0 Å². The Labute approximate surface area is 189 Å². The molecule has 170 valence electrons. The summed E-state index contributed by atoms with van der Waals surface area (Å²) in [5.74, 6) is -1.43. The number of nitrogens with zero attached hydrogens (tertiary/aromatic N) is 3. The molecule has 0 saturated carbocycles. The normalized spacial score (nSPS) is 14.8. The molecular formula is C22H23F2N3O3S2. The SMILES string of the molecule is O=C(CCCS(=O)(=O)Cc1ccccc1)N1CCN(c2nc3c(F)cc(F)cc3s2)CC1. The van der Waals surface area contributed by atoms with E-state index in [1.165, 1.54) is 17.4 Å². The molecule has 1 aliphatic heterocycles. The lowest BCUT2D eigenvalue weighted by Crippen LogP contribution is -2.48. The number of amides is 1. The van der Waals surface area contributed by atoms with E-state index in [0.29, 0.717) is 36.0 Å². The number of hydrogen-bond acceptors (Lipinski definition) is 6. The molecular weight excluding hydrogens is 456 g/mol. The third-order valence-electron chi connectivity index (χ3n) is 5.38. The number of hydrogen-bond donors (Lipinski definition) is 0. The maximum atomic E-state index is 13.9. The van der Waals surface area contributed by atoms with E-state index in [9.17, 15) is 22.0 Å². The minimum atomic E-state index is -3.27. The molecule has 0 spiro atoms. The lowest BCUT2D eigenvalue weighted by molar-refractivity contribution is -0.131. The zero-order valence-electron chi connectivity index (χ0n) is 17.3. The smallest absolute Gasteiger partial charge is 0.222 e. The Morgan fingerprint density at radius 3 is 2.50 bits per heavy atom. The van der Waals surface area contributed by atoms with E-state index in [0.717, 1.165) is 11.6 Å². The van der Waals surface area contributed by atoms with Gasteiger partial charge in [-0.25, -0.2) is 22.2 Å². The molecule has 1 aliphatic rings. The van der Waals surface area contributed by atoms with Gasteiger partial charge in [-0.15, -0.1) is 0 Å². The van der Waals surface area contributed by atoms with E-state index >= 15 is 0 Å². The lowest BCUT2D eigenvalue weighted by atomic mass is 10.2. The monoisotopic (exact) mass is 479 g/mol. The maximum Gasteiger partial charge on any atom is 0.222 e. The highest BCUT2D eigenvalue weighted by atomic mass is 32.2. The van der Waals surface area contributed by atoms with E-state index < -0.39 is 21.5 Å². The van der Waals surface area contributed by atoms with Crippen molar-refractivity contribution in [3.8, 4) is 0 Å². The van der Waals surface area contributed by atoms with Crippen LogP contribution in [0.2, 0.25) is 0 Å². The number of rotatable bonds is 7. The van der Waals surface area contributed by atoms with E-state index in [4.69, 9.17) is 0 Å². The van der Waals surface area contributed by atoms with E-state index in [1.54, 1.807) is 29.2 Å². The van der Waals surface area contributed by atoms with Gasteiger partial charge in [0.15, 0.2) is 20.8 Å². The minimum Gasteiger partial charge on any atom is -0.345 e. The predicted molar refractivity (Wildman–Crippen MR) is 121 cm³/mol. The summed E-state index contributed by atoms with van der Waals surface area (Å²) in [6.07, 6.45) is 0.469. The van der Waals surface area contributed by atoms with Crippen LogP contribution in [0.3, 0.4) is 0 Å². The van der Waals surface area contributed by atoms with Crippen molar-refractivity contribution >= 4 is 42.4 Å². The number of carbonyl (C=O) groups is 1. The summed E-state index contributed by atoms with van der Waals surface area (Å²) >= 11 is 1.22. The molecule has 32 heavy (non-hydrogen) atoms. The van der Waals surface area contributed by atoms with E-state index in [-0.39, 0.29) is 35.8 Å². The molecule has 10 heteroatoms. The average Bonchev–Trinajstić information content (AvgIpc) is 3.18. The van der Waals surface area contributed by atoms with Crippen molar-refractivity contribution in [1.29, 1.82) is 0 Å². The van der Waals surface area contributed by atoms with Gasteiger partial charge in [0.25, 0.3) is 0 Å². The molecule has 4 rings (SSSR count). The van der Waals surface area contributed by atoms with Crippen LogP contribution in [0.5, 0.6) is 0 Å². The second-order valence-corrected chi connectivity index (χ2v) is 11.0. The van der Waals surface area contributed by atoms with Crippen LogP contribution < -0.4 is 4.90 Å². The summed E-state index contributed by atoms with van der Waals surface area (Å²) in [5, 5.41) is 0.601.